The van der Waals surface area contributed by atoms with Crippen molar-refractivity contribution in [3.8, 4) is 5.75 Å². The van der Waals surface area contributed by atoms with Gasteiger partial charge in [-0.2, -0.15) is 0 Å². The number of hydrogen-bond donors (Lipinski definition) is 1. The summed E-state index contributed by atoms with van der Waals surface area (Å²) in [6.07, 6.45) is 3.05. The standard InChI is InChI=1S/C21H25Cl2NO2/c1-15(2)26-18-7-3-5-16(13-18)6-4-12-24-21(25)11-9-17-8-10-19(22)20(23)14-17/h3,5,7-8,10,13-15H,4,6,9,11-12H2,1-2H3,(H,24,25). The molecule has 0 aliphatic heterocycles. The lowest BCUT2D eigenvalue weighted by molar-refractivity contribution is -0.121. The molecule has 2 aromatic rings. The first-order chi connectivity index (χ1) is 12.4. The van der Waals surface area contributed by atoms with E-state index in [1.807, 2.05) is 38.1 Å². The van der Waals surface area contributed by atoms with E-state index < -0.39 is 0 Å². The van der Waals surface area contributed by atoms with Crippen LogP contribution in [0.3, 0.4) is 0 Å². The molecule has 2 rings (SSSR count). The number of halogens is 2. The second kappa shape index (κ2) is 10.4. The molecule has 0 bridgehead atoms. The average Bonchev–Trinajstić information content (AvgIpc) is 2.59. The maximum Gasteiger partial charge on any atom is 0.220 e. The average molecular weight is 394 g/mol. The van der Waals surface area contributed by atoms with E-state index in [9.17, 15) is 4.79 Å². The molecule has 0 atom stereocenters. The summed E-state index contributed by atoms with van der Waals surface area (Å²) in [5.74, 6) is 0.941. The van der Waals surface area contributed by atoms with E-state index in [1.165, 1.54) is 5.56 Å². The molecule has 0 spiro atoms. The zero-order chi connectivity index (χ0) is 18.9. The number of nitrogens with one attached hydrogen (secondary N) is 1. The zero-order valence-corrected chi connectivity index (χ0v) is 16.7. The number of benzene rings is 2. The predicted octanol–water partition coefficient (Wildman–Crippen LogP) is 5.46. The third-order valence-electron chi connectivity index (χ3n) is 3.86. The van der Waals surface area contributed by atoms with Crippen LogP contribution in [0.5, 0.6) is 5.75 Å². The van der Waals surface area contributed by atoms with Crippen LogP contribution in [0.15, 0.2) is 42.5 Å². The molecule has 0 saturated carbocycles. The van der Waals surface area contributed by atoms with E-state index in [-0.39, 0.29) is 12.0 Å². The van der Waals surface area contributed by atoms with E-state index in [0.29, 0.717) is 29.4 Å². The molecule has 26 heavy (non-hydrogen) atoms. The molecular weight excluding hydrogens is 369 g/mol. The summed E-state index contributed by atoms with van der Waals surface area (Å²) in [6.45, 7) is 4.69. The van der Waals surface area contributed by atoms with Crippen molar-refractivity contribution in [3.05, 3.63) is 63.6 Å². The van der Waals surface area contributed by atoms with Crippen molar-refractivity contribution in [1.29, 1.82) is 0 Å². The van der Waals surface area contributed by atoms with Crippen LogP contribution in [0, 0.1) is 0 Å². The topological polar surface area (TPSA) is 38.3 Å². The minimum Gasteiger partial charge on any atom is -0.491 e. The van der Waals surface area contributed by atoms with Crippen molar-refractivity contribution < 1.29 is 9.53 Å². The Labute approximate surface area is 165 Å². The Balaban J connectivity index is 1.67. The van der Waals surface area contributed by atoms with Crippen LogP contribution in [0.25, 0.3) is 0 Å². The molecule has 0 heterocycles. The smallest absolute Gasteiger partial charge is 0.220 e. The lowest BCUT2D eigenvalue weighted by Gasteiger charge is -2.11. The van der Waals surface area contributed by atoms with Gasteiger partial charge in [-0.1, -0.05) is 41.4 Å². The number of rotatable bonds is 9. The van der Waals surface area contributed by atoms with Gasteiger partial charge in [-0.15, -0.1) is 0 Å². The first-order valence-corrected chi connectivity index (χ1v) is 9.66. The number of hydrogen-bond acceptors (Lipinski definition) is 2. The van der Waals surface area contributed by atoms with Crippen molar-refractivity contribution >= 4 is 29.1 Å². The summed E-state index contributed by atoms with van der Waals surface area (Å²) in [6, 6.07) is 13.6. The number of carbonyl (C=O) groups excluding carboxylic acids is 1. The van der Waals surface area contributed by atoms with Gasteiger partial charge < -0.3 is 10.1 Å². The number of amides is 1. The molecule has 0 fully saturated rings. The van der Waals surface area contributed by atoms with Gasteiger partial charge in [0.1, 0.15) is 5.75 Å². The monoisotopic (exact) mass is 393 g/mol. The minimum absolute atomic E-state index is 0.0490. The van der Waals surface area contributed by atoms with Gasteiger partial charge in [0.25, 0.3) is 0 Å². The normalized spacial score (nSPS) is 10.8. The number of ether oxygens (including phenoxy) is 1. The second-order valence-electron chi connectivity index (χ2n) is 6.52. The maximum absolute atomic E-state index is 12.0. The van der Waals surface area contributed by atoms with Crippen molar-refractivity contribution in [2.45, 2.75) is 45.6 Å². The van der Waals surface area contributed by atoms with E-state index in [1.54, 1.807) is 6.07 Å². The van der Waals surface area contributed by atoms with E-state index in [2.05, 4.69) is 17.4 Å². The van der Waals surface area contributed by atoms with Gasteiger partial charge in [0.15, 0.2) is 0 Å². The molecule has 0 aliphatic carbocycles. The van der Waals surface area contributed by atoms with Gasteiger partial charge in [-0.3, -0.25) is 4.79 Å². The molecular formula is C21H25Cl2NO2. The highest BCUT2D eigenvalue weighted by molar-refractivity contribution is 6.42. The van der Waals surface area contributed by atoms with Crippen LogP contribution in [0.2, 0.25) is 10.0 Å². The van der Waals surface area contributed by atoms with Gasteiger partial charge in [0.2, 0.25) is 5.91 Å². The SMILES string of the molecule is CC(C)Oc1cccc(CCCNC(=O)CCc2ccc(Cl)c(Cl)c2)c1. The molecule has 0 unspecified atom stereocenters. The van der Waals surface area contributed by atoms with E-state index in [0.717, 1.165) is 24.2 Å². The van der Waals surface area contributed by atoms with Crippen molar-refractivity contribution in [2.75, 3.05) is 6.54 Å². The maximum atomic E-state index is 12.0. The molecule has 1 N–H and O–H groups in total. The van der Waals surface area contributed by atoms with E-state index in [4.69, 9.17) is 27.9 Å². The summed E-state index contributed by atoms with van der Waals surface area (Å²) in [5.41, 5.74) is 2.23. The summed E-state index contributed by atoms with van der Waals surface area (Å²) in [4.78, 5) is 12.0. The Hall–Kier alpha value is -1.71. The Morgan fingerprint density at radius 3 is 2.54 bits per heavy atom. The Morgan fingerprint density at radius 2 is 1.81 bits per heavy atom. The fourth-order valence-electron chi connectivity index (χ4n) is 2.61. The van der Waals surface area contributed by atoms with Gasteiger partial charge in [-0.05, 0) is 68.5 Å². The summed E-state index contributed by atoms with van der Waals surface area (Å²) in [7, 11) is 0. The summed E-state index contributed by atoms with van der Waals surface area (Å²) in [5, 5.41) is 4.02. The molecule has 140 valence electrons. The minimum atomic E-state index is 0.0490. The molecule has 2 aromatic carbocycles. The predicted molar refractivity (Wildman–Crippen MR) is 108 cm³/mol. The highest BCUT2D eigenvalue weighted by atomic mass is 35.5. The third kappa shape index (κ3) is 7.27. The highest BCUT2D eigenvalue weighted by Gasteiger charge is 2.05. The second-order valence-corrected chi connectivity index (χ2v) is 7.33. The molecule has 3 nitrogen and oxygen atoms in total. The lowest BCUT2D eigenvalue weighted by atomic mass is 10.1. The number of aryl methyl sites for hydroxylation is 2. The van der Waals surface area contributed by atoms with Gasteiger partial charge in [0.05, 0.1) is 16.1 Å². The molecule has 5 heteroatoms. The molecule has 0 radical (unpaired) electrons. The number of carbonyl (C=O) groups is 1. The Bertz CT molecular complexity index is 732. The van der Waals surface area contributed by atoms with E-state index >= 15 is 0 Å². The Morgan fingerprint density at radius 1 is 1.04 bits per heavy atom. The fourth-order valence-corrected chi connectivity index (χ4v) is 2.93. The van der Waals surface area contributed by atoms with Crippen LogP contribution < -0.4 is 10.1 Å². The first kappa shape index (κ1) is 20.6. The largest absolute Gasteiger partial charge is 0.491 e. The molecule has 0 aliphatic rings. The quantitative estimate of drug-likeness (QED) is 0.574. The van der Waals surface area contributed by atoms with Crippen LogP contribution in [0.1, 0.15) is 37.8 Å². The first-order valence-electron chi connectivity index (χ1n) is 8.90. The van der Waals surface area contributed by atoms with Crippen molar-refractivity contribution in [1.82, 2.24) is 5.32 Å². The lowest BCUT2D eigenvalue weighted by Crippen LogP contribution is -2.25. The summed E-state index contributed by atoms with van der Waals surface area (Å²) >= 11 is 11.9. The third-order valence-corrected chi connectivity index (χ3v) is 4.60. The van der Waals surface area contributed by atoms with Gasteiger partial charge >= 0.3 is 0 Å². The zero-order valence-electron chi connectivity index (χ0n) is 15.2. The van der Waals surface area contributed by atoms with Crippen molar-refractivity contribution in [3.63, 3.8) is 0 Å². The van der Waals surface area contributed by atoms with Crippen LogP contribution in [-0.4, -0.2) is 18.6 Å². The van der Waals surface area contributed by atoms with Crippen LogP contribution in [-0.2, 0) is 17.6 Å². The van der Waals surface area contributed by atoms with Gasteiger partial charge in [0, 0.05) is 13.0 Å². The fraction of sp³-hybridized carbons (Fsp3) is 0.381. The molecule has 0 saturated heterocycles. The van der Waals surface area contributed by atoms with Crippen molar-refractivity contribution in [2.24, 2.45) is 0 Å². The van der Waals surface area contributed by atoms with Gasteiger partial charge in [-0.25, -0.2) is 0 Å². The summed E-state index contributed by atoms with van der Waals surface area (Å²) < 4.78 is 5.70. The molecule has 0 aromatic heterocycles. The van der Waals surface area contributed by atoms with Crippen LogP contribution >= 0.6 is 23.2 Å². The highest BCUT2D eigenvalue weighted by Crippen LogP contribution is 2.23. The van der Waals surface area contributed by atoms with Crippen LogP contribution in [0.4, 0.5) is 0 Å². The molecule has 1 amide bonds. The Kier molecular flexibility index (Phi) is 8.27.